The lowest BCUT2D eigenvalue weighted by Gasteiger charge is -2.40. The molecule has 1 rings (SSSR count). The highest BCUT2D eigenvalue weighted by atomic mass is 35.5. The van der Waals surface area contributed by atoms with Gasteiger partial charge in [0, 0.05) is 24.7 Å². The molecule has 0 atom stereocenters. The molecule has 0 aromatic rings. The van der Waals surface area contributed by atoms with Gasteiger partial charge in [0.15, 0.2) is 0 Å². The lowest BCUT2D eigenvalue weighted by Crippen LogP contribution is -2.51. The lowest BCUT2D eigenvalue weighted by molar-refractivity contribution is -0.119. The van der Waals surface area contributed by atoms with Gasteiger partial charge in [-0.2, -0.15) is 0 Å². The summed E-state index contributed by atoms with van der Waals surface area (Å²) in [7, 11) is 0. The Labute approximate surface area is 97.2 Å². The first-order valence-electron chi connectivity index (χ1n) is 5.54. The van der Waals surface area contributed by atoms with E-state index in [-0.39, 0.29) is 17.3 Å². The molecule has 0 unspecified atom stereocenters. The zero-order chi connectivity index (χ0) is 11.5. The van der Waals surface area contributed by atoms with Gasteiger partial charge in [-0.1, -0.05) is 0 Å². The van der Waals surface area contributed by atoms with E-state index in [2.05, 4.69) is 31.0 Å². The number of halogens is 1. The third-order valence-electron chi connectivity index (χ3n) is 2.93. The van der Waals surface area contributed by atoms with Crippen LogP contribution in [0.15, 0.2) is 0 Å². The van der Waals surface area contributed by atoms with Gasteiger partial charge >= 0.3 is 0 Å². The number of nitrogens with zero attached hydrogens (tertiary/aromatic N) is 1. The monoisotopic (exact) mass is 232 g/mol. The Morgan fingerprint density at radius 1 is 1.40 bits per heavy atom. The van der Waals surface area contributed by atoms with Crippen molar-refractivity contribution in [2.24, 2.45) is 0 Å². The van der Waals surface area contributed by atoms with E-state index in [9.17, 15) is 4.79 Å². The second-order valence-electron chi connectivity index (χ2n) is 5.13. The predicted molar refractivity (Wildman–Crippen MR) is 63.2 cm³/mol. The quantitative estimate of drug-likeness (QED) is 0.734. The van der Waals surface area contributed by atoms with E-state index in [1.165, 1.54) is 0 Å². The molecule has 0 aromatic carbocycles. The number of likely N-dealkylation sites (tertiary alicyclic amines) is 1. The van der Waals surface area contributed by atoms with Crippen molar-refractivity contribution < 1.29 is 4.79 Å². The second-order valence-corrected chi connectivity index (χ2v) is 5.40. The van der Waals surface area contributed by atoms with E-state index in [0.717, 1.165) is 25.9 Å². The fourth-order valence-corrected chi connectivity index (χ4v) is 2.04. The van der Waals surface area contributed by atoms with Crippen LogP contribution in [-0.2, 0) is 4.79 Å². The van der Waals surface area contributed by atoms with Crippen molar-refractivity contribution in [3.05, 3.63) is 0 Å². The van der Waals surface area contributed by atoms with Crippen molar-refractivity contribution in [2.45, 2.75) is 45.2 Å². The first kappa shape index (κ1) is 12.8. The SMILES string of the molecule is CC(C)(C)N1CCC(NC(=O)CCl)CC1. The van der Waals surface area contributed by atoms with Gasteiger partial charge in [-0.05, 0) is 33.6 Å². The van der Waals surface area contributed by atoms with Gasteiger partial charge in [0.25, 0.3) is 0 Å². The molecule has 1 N–H and O–H groups in total. The highest BCUT2D eigenvalue weighted by Gasteiger charge is 2.27. The molecule has 4 heteroatoms. The molecule has 0 radical (unpaired) electrons. The molecule has 1 heterocycles. The molecule has 0 aromatic heterocycles. The topological polar surface area (TPSA) is 32.3 Å². The highest BCUT2D eigenvalue weighted by molar-refractivity contribution is 6.27. The maximum Gasteiger partial charge on any atom is 0.235 e. The smallest absolute Gasteiger partial charge is 0.235 e. The number of hydrogen-bond acceptors (Lipinski definition) is 2. The molecule has 1 saturated heterocycles. The summed E-state index contributed by atoms with van der Waals surface area (Å²) < 4.78 is 0. The largest absolute Gasteiger partial charge is 0.352 e. The molecule has 0 spiro atoms. The minimum atomic E-state index is -0.0501. The van der Waals surface area contributed by atoms with Crippen LogP contribution in [-0.4, -0.2) is 41.4 Å². The second kappa shape index (κ2) is 5.17. The minimum absolute atomic E-state index is 0.0501. The summed E-state index contributed by atoms with van der Waals surface area (Å²) in [4.78, 5) is 13.6. The van der Waals surface area contributed by atoms with Crippen LogP contribution >= 0.6 is 11.6 Å². The van der Waals surface area contributed by atoms with Crippen LogP contribution in [0.1, 0.15) is 33.6 Å². The van der Waals surface area contributed by atoms with Crippen LogP contribution in [0.3, 0.4) is 0 Å². The molecule has 1 aliphatic heterocycles. The van der Waals surface area contributed by atoms with Crippen molar-refractivity contribution in [3.63, 3.8) is 0 Å². The number of hydrogen-bond donors (Lipinski definition) is 1. The summed E-state index contributed by atoms with van der Waals surface area (Å²) in [6.07, 6.45) is 2.06. The maximum atomic E-state index is 11.1. The summed E-state index contributed by atoms with van der Waals surface area (Å²) in [5.41, 5.74) is 0.238. The van der Waals surface area contributed by atoms with Crippen LogP contribution in [0.25, 0.3) is 0 Å². The van der Waals surface area contributed by atoms with Crippen molar-refractivity contribution in [1.82, 2.24) is 10.2 Å². The molecule has 3 nitrogen and oxygen atoms in total. The number of rotatable bonds is 2. The molecule has 0 saturated carbocycles. The minimum Gasteiger partial charge on any atom is -0.352 e. The van der Waals surface area contributed by atoms with Crippen molar-refractivity contribution >= 4 is 17.5 Å². The van der Waals surface area contributed by atoms with E-state index in [0.29, 0.717) is 6.04 Å². The number of amides is 1. The third kappa shape index (κ3) is 3.99. The van der Waals surface area contributed by atoms with E-state index in [1.54, 1.807) is 0 Å². The zero-order valence-corrected chi connectivity index (χ0v) is 10.6. The van der Waals surface area contributed by atoms with Crippen molar-refractivity contribution in [1.29, 1.82) is 0 Å². The maximum absolute atomic E-state index is 11.1. The standard InChI is InChI=1S/C11H21ClN2O/c1-11(2,3)14-6-4-9(5-7-14)13-10(15)8-12/h9H,4-8H2,1-3H3,(H,13,15). The summed E-state index contributed by atoms with van der Waals surface area (Å²) in [6, 6.07) is 0.315. The predicted octanol–water partition coefficient (Wildman–Crippen LogP) is 1.60. The first-order chi connectivity index (χ1) is 6.93. The summed E-state index contributed by atoms with van der Waals surface area (Å²) >= 11 is 5.45. The Morgan fingerprint density at radius 3 is 2.33 bits per heavy atom. The molecule has 1 amide bonds. The number of piperidine rings is 1. The fraction of sp³-hybridized carbons (Fsp3) is 0.909. The third-order valence-corrected chi connectivity index (χ3v) is 3.17. The van der Waals surface area contributed by atoms with Crippen molar-refractivity contribution in [3.8, 4) is 0 Å². The van der Waals surface area contributed by atoms with Crippen LogP contribution in [0.4, 0.5) is 0 Å². The van der Waals surface area contributed by atoms with E-state index in [4.69, 9.17) is 11.6 Å². The summed E-state index contributed by atoms with van der Waals surface area (Å²) in [5, 5.41) is 2.94. The molecular weight excluding hydrogens is 212 g/mol. The number of nitrogens with one attached hydrogen (secondary N) is 1. The van der Waals surface area contributed by atoms with Gasteiger partial charge in [-0.3, -0.25) is 9.69 Å². The zero-order valence-electron chi connectivity index (χ0n) is 9.85. The normalized spacial score (nSPS) is 20.3. The Bertz CT molecular complexity index is 217. The molecule has 1 aliphatic rings. The average molecular weight is 233 g/mol. The average Bonchev–Trinajstić information content (AvgIpc) is 2.17. The van der Waals surface area contributed by atoms with Gasteiger partial charge in [0.05, 0.1) is 0 Å². The van der Waals surface area contributed by atoms with Crippen molar-refractivity contribution in [2.75, 3.05) is 19.0 Å². The fourth-order valence-electron chi connectivity index (χ4n) is 1.96. The van der Waals surface area contributed by atoms with E-state index < -0.39 is 0 Å². The van der Waals surface area contributed by atoms with Crippen LogP contribution in [0, 0.1) is 0 Å². The Morgan fingerprint density at radius 2 is 1.93 bits per heavy atom. The number of carbonyl (C=O) groups excluding carboxylic acids is 1. The highest BCUT2D eigenvalue weighted by Crippen LogP contribution is 2.19. The summed E-state index contributed by atoms with van der Waals surface area (Å²) in [6.45, 7) is 8.79. The molecule has 0 aliphatic carbocycles. The van der Waals surface area contributed by atoms with Gasteiger partial charge in [0.1, 0.15) is 5.88 Å². The Balaban J connectivity index is 2.33. The van der Waals surface area contributed by atoms with Gasteiger partial charge < -0.3 is 5.32 Å². The molecular formula is C11H21ClN2O. The van der Waals surface area contributed by atoms with E-state index >= 15 is 0 Å². The van der Waals surface area contributed by atoms with Crippen LogP contribution in [0.5, 0.6) is 0 Å². The Kier molecular flexibility index (Phi) is 4.41. The lowest BCUT2D eigenvalue weighted by atomic mass is 9.98. The molecule has 15 heavy (non-hydrogen) atoms. The number of carbonyl (C=O) groups is 1. The van der Waals surface area contributed by atoms with Gasteiger partial charge in [-0.25, -0.2) is 0 Å². The first-order valence-corrected chi connectivity index (χ1v) is 6.07. The number of alkyl halides is 1. The van der Waals surface area contributed by atoms with Gasteiger partial charge in [-0.15, -0.1) is 11.6 Å². The van der Waals surface area contributed by atoms with Crippen LogP contribution in [0.2, 0.25) is 0 Å². The van der Waals surface area contributed by atoms with E-state index in [1.807, 2.05) is 0 Å². The Hall–Kier alpha value is -0.280. The summed E-state index contributed by atoms with van der Waals surface area (Å²) in [5.74, 6) is 0.0188. The molecule has 1 fully saturated rings. The van der Waals surface area contributed by atoms with Crippen LogP contribution < -0.4 is 5.32 Å². The molecule has 0 bridgehead atoms. The van der Waals surface area contributed by atoms with Gasteiger partial charge in [0.2, 0.25) is 5.91 Å². The molecule has 88 valence electrons.